The molecule has 1 amide bonds. The molecular formula is C10H9N3O2S. The molecule has 1 aromatic heterocycles. The number of nitrogens with two attached hydrogens (primary N) is 2. The highest BCUT2D eigenvalue weighted by molar-refractivity contribution is 7.13. The molecule has 82 valence electrons. The Morgan fingerprint density at radius 3 is 2.75 bits per heavy atom. The van der Waals surface area contributed by atoms with E-state index in [4.69, 9.17) is 11.5 Å². The first kappa shape index (κ1) is 10.4. The Kier molecular flexibility index (Phi) is 2.49. The van der Waals surface area contributed by atoms with Crippen molar-refractivity contribution in [3.63, 3.8) is 0 Å². The van der Waals surface area contributed by atoms with Crippen molar-refractivity contribution < 1.29 is 9.90 Å². The van der Waals surface area contributed by atoms with Crippen LogP contribution in [0.1, 0.15) is 10.4 Å². The van der Waals surface area contributed by atoms with E-state index >= 15 is 0 Å². The van der Waals surface area contributed by atoms with Gasteiger partial charge in [0.15, 0.2) is 5.13 Å². The Hall–Kier alpha value is -2.08. The molecular weight excluding hydrogens is 226 g/mol. The van der Waals surface area contributed by atoms with E-state index in [0.29, 0.717) is 16.4 Å². The monoisotopic (exact) mass is 235 g/mol. The lowest BCUT2D eigenvalue weighted by Crippen LogP contribution is -2.11. The van der Waals surface area contributed by atoms with Gasteiger partial charge in [0.1, 0.15) is 5.75 Å². The van der Waals surface area contributed by atoms with Gasteiger partial charge in [-0.15, -0.1) is 11.3 Å². The summed E-state index contributed by atoms with van der Waals surface area (Å²) in [5, 5.41) is 11.6. The molecule has 0 aliphatic rings. The average Bonchev–Trinajstić information content (AvgIpc) is 2.65. The number of carbonyl (C=O) groups is 1. The van der Waals surface area contributed by atoms with E-state index < -0.39 is 5.91 Å². The minimum absolute atomic E-state index is 0.0732. The number of carbonyl (C=O) groups excluding carboxylic acids is 1. The zero-order valence-electron chi connectivity index (χ0n) is 8.18. The first-order chi connectivity index (χ1) is 7.58. The van der Waals surface area contributed by atoms with Gasteiger partial charge in [-0.1, -0.05) is 0 Å². The van der Waals surface area contributed by atoms with Gasteiger partial charge in [0.2, 0.25) is 0 Å². The summed E-state index contributed by atoms with van der Waals surface area (Å²) in [6.45, 7) is 0. The maximum Gasteiger partial charge on any atom is 0.252 e. The van der Waals surface area contributed by atoms with Gasteiger partial charge in [0.25, 0.3) is 5.91 Å². The summed E-state index contributed by atoms with van der Waals surface area (Å²) >= 11 is 1.31. The van der Waals surface area contributed by atoms with E-state index in [9.17, 15) is 9.90 Å². The van der Waals surface area contributed by atoms with Gasteiger partial charge in [0.05, 0.1) is 11.3 Å². The second kappa shape index (κ2) is 3.82. The topological polar surface area (TPSA) is 102 Å². The number of nitrogens with zero attached hydrogens (tertiary/aromatic N) is 1. The van der Waals surface area contributed by atoms with Gasteiger partial charge in [-0.25, -0.2) is 4.98 Å². The SMILES string of the molecule is NC(=O)c1cc(-c2csc(N)n2)ccc1O. The Morgan fingerprint density at radius 1 is 1.44 bits per heavy atom. The predicted octanol–water partition coefficient (Wildman–Crippen LogP) is 1.20. The van der Waals surface area contributed by atoms with Crippen LogP contribution in [0.15, 0.2) is 23.6 Å². The van der Waals surface area contributed by atoms with Crippen LogP contribution in [-0.4, -0.2) is 16.0 Å². The van der Waals surface area contributed by atoms with Crippen molar-refractivity contribution in [3.8, 4) is 17.0 Å². The fourth-order valence-corrected chi connectivity index (χ4v) is 1.89. The van der Waals surface area contributed by atoms with Crippen LogP contribution in [0, 0.1) is 0 Å². The number of amides is 1. The summed E-state index contributed by atoms with van der Waals surface area (Å²) < 4.78 is 0. The average molecular weight is 235 g/mol. The first-order valence-corrected chi connectivity index (χ1v) is 5.30. The zero-order valence-corrected chi connectivity index (χ0v) is 8.99. The van der Waals surface area contributed by atoms with Crippen LogP contribution in [0.5, 0.6) is 5.75 Å². The summed E-state index contributed by atoms with van der Waals surface area (Å²) in [5.41, 5.74) is 12.1. The van der Waals surface area contributed by atoms with Gasteiger partial charge < -0.3 is 16.6 Å². The number of hydrogen-bond acceptors (Lipinski definition) is 5. The molecule has 0 atom stereocenters. The number of rotatable bonds is 2. The van der Waals surface area contributed by atoms with Crippen molar-refractivity contribution in [2.45, 2.75) is 0 Å². The van der Waals surface area contributed by atoms with Crippen LogP contribution in [-0.2, 0) is 0 Å². The van der Waals surface area contributed by atoms with E-state index in [-0.39, 0.29) is 11.3 Å². The highest BCUT2D eigenvalue weighted by Gasteiger charge is 2.10. The summed E-state index contributed by atoms with van der Waals surface area (Å²) in [6.07, 6.45) is 0. The molecule has 0 aliphatic heterocycles. The number of primary amides is 1. The molecule has 0 unspecified atom stereocenters. The number of aromatic hydroxyl groups is 1. The van der Waals surface area contributed by atoms with Crippen molar-refractivity contribution in [2.24, 2.45) is 5.73 Å². The standard InChI is InChI=1S/C10H9N3O2S/c11-9(15)6-3-5(1-2-8(6)14)7-4-16-10(12)13-7/h1-4,14H,(H2,11,15)(H2,12,13). The fraction of sp³-hybridized carbons (Fsp3) is 0. The van der Waals surface area contributed by atoms with Gasteiger partial charge in [0, 0.05) is 10.9 Å². The van der Waals surface area contributed by atoms with Crippen molar-refractivity contribution in [2.75, 3.05) is 5.73 Å². The third-order valence-corrected chi connectivity index (χ3v) is 2.75. The lowest BCUT2D eigenvalue weighted by Gasteiger charge is -2.02. The Labute approximate surface area is 95.3 Å². The van der Waals surface area contributed by atoms with Crippen LogP contribution in [0.2, 0.25) is 0 Å². The van der Waals surface area contributed by atoms with E-state index in [1.165, 1.54) is 23.5 Å². The van der Waals surface area contributed by atoms with Crippen molar-refractivity contribution in [1.82, 2.24) is 4.98 Å². The molecule has 0 aliphatic carbocycles. The minimum atomic E-state index is -0.678. The van der Waals surface area contributed by atoms with E-state index in [2.05, 4.69) is 4.98 Å². The number of anilines is 1. The zero-order chi connectivity index (χ0) is 11.7. The van der Waals surface area contributed by atoms with Crippen molar-refractivity contribution in [1.29, 1.82) is 0 Å². The quantitative estimate of drug-likeness (QED) is 0.727. The van der Waals surface area contributed by atoms with Crippen LogP contribution in [0.4, 0.5) is 5.13 Å². The molecule has 6 heteroatoms. The number of nitrogen functional groups attached to an aromatic ring is 1. The third kappa shape index (κ3) is 1.82. The lowest BCUT2D eigenvalue weighted by molar-refractivity contribution is 0.0998. The molecule has 0 saturated carbocycles. The molecule has 5 N–H and O–H groups in total. The molecule has 1 heterocycles. The van der Waals surface area contributed by atoms with Crippen LogP contribution < -0.4 is 11.5 Å². The maximum absolute atomic E-state index is 11.0. The second-order valence-electron chi connectivity index (χ2n) is 3.17. The fourth-order valence-electron chi connectivity index (χ4n) is 1.31. The number of hydrogen-bond donors (Lipinski definition) is 3. The molecule has 2 aromatic rings. The minimum Gasteiger partial charge on any atom is -0.507 e. The third-order valence-electron chi connectivity index (χ3n) is 2.08. The molecule has 2 rings (SSSR count). The lowest BCUT2D eigenvalue weighted by atomic mass is 10.1. The van der Waals surface area contributed by atoms with Crippen LogP contribution >= 0.6 is 11.3 Å². The summed E-state index contributed by atoms with van der Waals surface area (Å²) in [5.74, 6) is -0.818. The Bertz CT molecular complexity index is 551. The summed E-state index contributed by atoms with van der Waals surface area (Å²) in [7, 11) is 0. The largest absolute Gasteiger partial charge is 0.507 e. The van der Waals surface area contributed by atoms with Gasteiger partial charge in [-0.2, -0.15) is 0 Å². The van der Waals surface area contributed by atoms with Crippen LogP contribution in [0.25, 0.3) is 11.3 Å². The number of phenols is 1. The predicted molar refractivity (Wildman–Crippen MR) is 62.1 cm³/mol. The first-order valence-electron chi connectivity index (χ1n) is 4.42. The van der Waals surface area contributed by atoms with E-state index in [1.54, 1.807) is 11.4 Å². The molecule has 0 saturated heterocycles. The van der Waals surface area contributed by atoms with Gasteiger partial charge in [-0.3, -0.25) is 4.79 Å². The van der Waals surface area contributed by atoms with Crippen LogP contribution in [0.3, 0.4) is 0 Å². The molecule has 0 bridgehead atoms. The molecule has 0 radical (unpaired) electrons. The normalized spacial score (nSPS) is 10.2. The van der Waals surface area contributed by atoms with Gasteiger partial charge >= 0.3 is 0 Å². The maximum atomic E-state index is 11.0. The molecule has 0 spiro atoms. The molecule has 5 nitrogen and oxygen atoms in total. The highest BCUT2D eigenvalue weighted by atomic mass is 32.1. The Morgan fingerprint density at radius 2 is 2.19 bits per heavy atom. The van der Waals surface area contributed by atoms with Gasteiger partial charge in [-0.05, 0) is 18.2 Å². The Balaban J connectivity index is 2.51. The summed E-state index contributed by atoms with van der Waals surface area (Å²) in [4.78, 5) is 15.1. The number of thiazole rings is 1. The molecule has 16 heavy (non-hydrogen) atoms. The number of benzene rings is 1. The molecule has 0 fully saturated rings. The number of aromatic nitrogens is 1. The molecule has 1 aromatic carbocycles. The smallest absolute Gasteiger partial charge is 0.252 e. The van der Waals surface area contributed by atoms with Crippen molar-refractivity contribution in [3.05, 3.63) is 29.1 Å². The second-order valence-corrected chi connectivity index (χ2v) is 4.06. The van der Waals surface area contributed by atoms with Crippen molar-refractivity contribution >= 4 is 22.4 Å². The highest BCUT2D eigenvalue weighted by Crippen LogP contribution is 2.27. The van der Waals surface area contributed by atoms with E-state index in [0.717, 1.165) is 0 Å². The van der Waals surface area contributed by atoms with E-state index in [1.807, 2.05) is 0 Å². The summed E-state index contributed by atoms with van der Waals surface area (Å²) in [6, 6.07) is 4.55.